The Balaban J connectivity index is 0.00000320. The zero-order valence-corrected chi connectivity index (χ0v) is 23.7. The van der Waals surface area contributed by atoms with Crippen LogP contribution in [-0.2, 0) is 9.53 Å². The normalized spacial score (nSPS) is 18.4. The molecule has 0 bridgehead atoms. The highest BCUT2D eigenvalue weighted by Crippen LogP contribution is 2.62. The highest BCUT2D eigenvalue weighted by atomic mass is 79.9. The fourth-order valence-electron chi connectivity index (χ4n) is 5.96. The second-order valence-corrected chi connectivity index (χ2v) is 13.1. The molecule has 3 aromatic carbocycles. The van der Waals surface area contributed by atoms with E-state index < -0.39 is 7.26 Å². The van der Waals surface area contributed by atoms with E-state index in [9.17, 15) is 9.59 Å². The van der Waals surface area contributed by atoms with Crippen molar-refractivity contribution >= 4 is 35.2 Å². The van der Waals surface area contributed by atoms with Gasteiger partial charge in [0, 0.05) is 32.1 Å². The number of ether oxygens (including phenoxy) is 1. The van der Waals surface area contributed by atoms with Crippen molar-refractivity contribution in [3.8, 4) is 0 Å². The van der Waals surface area contributed by atoms with Gasteiger partial charge in [0.25, 0.3) is 5.91 Å². The van der Waals surface area contributed by atoms with Crippen LogP contribution in [0.4, 0.5) is 4.79 Å². The number of rotatable bonds is 6. The summed E-state index contributed by atoms with van der Waals surface area (Å²) >= 11 is 0. The minimum atomic E-state index is -2.26. The first-order valence-corrected chi connectivity index (χ1v) is 14.8. The number of hydrogen-bond acceptors (Lipinski definition) is 3. The number of nitrogens with zero attached hydrogens (tertiary/aromatic N) is 2. The molecule has 5 rings (SSSR count). The Labute approximate surface area is 230 Å². The average molecular weight is 581 g/mol. The third-order valence-corrected chi connectivity index (χ3v) is 12.4. The molecule has 3 aromatic rings. The van der Waals surface area contributed by atoms with E-state index in [1.807, 2.05) is 25.1 Å². The summed E-state index contributed by atoms with van der Waals surface area (Å²) in [7, 11) is -2.26. The minimum Gasteiger partial charge on any atom is -1.00 e. The number of benzene rings is 3. The topological polar surface area (TPSA) is 49.9 Å². The Kier molecular flexibility index (Phi) is 9.04. The number of likely N-dealkylation sites (tertiary alicyclic amines) is 2. The first-order valence-electron chi connectivity index (χ1n) is 12.9. The molecule has 1 atom stereocenters. The second kappa shape index (κ2) is 12.2. The summed E-state index contributed by atoms with van der Waals surface area (Å²) in [5, 5.41) is 3.75. The van der Waals surface area contributed by atoms with Crippen LogP contribution < -0.4 is 32.9 Å². The molecule has 2 amide bonds. The summed E-state index contributed by atoms with van der Waals surface area (Å²) < 4.78 is 5.18. The number of amides is 2. The first kappa shape index (κ1) is 27.3. The highest BCUT2D eigenvalue weighted by Gasteiger charge is 2.59. The summed E-state index contributed by atoms with van der Waals surface area (Å²) in [6, 6.07) is 32.1. The van der Waals surface area contributed by atoms with Crippen molar-refractivity contribution in [1.82, 2.24) is 9.80 Å². The minimum absolute atomic E-state index is 0. The lowest BCUT2D eigenvalue weighted by Gasteiger charge is -2.37. The standard InChI is InChI=1S/C30H34N2O3P.BrH/c1-2-35-30(34)31-21-18-24(19-22-31)32-23-20-28(29(32)33)36(25-12-6-3-7-13-25,26-14-8-4-9-15-26)27-16-10-5-11-17-27;/h3-17,24,28H,2,18-23H2,1H3;1H/q+1;/p-1. The van der Waals surface area contributed by atoms with E-state index in [0.29, 0.717) is 19.7 Å². The largest absolute Gasteiger partial charge is 1.00 e. The third-order valence-electron chi connectivity index (χ3n) is 7.60. The van der Waals surface area contributed by atoms with E-state index in [1.165, 1.54) is 15.9 Å². The Morgan fingerprint density at radius 2 is 1.24 bits per heavy atom. The van der Waals surface area contributed by atoms with Gasteiger partial charge in [0.1, 0.15) is 23.2 Å². The highest BCUT2D eigenvalue weighted by molar-refractivity contribution is 7.96. The van der Waals surface area contributed by atoms with Crippen LogP contribution in [0.1, 0.15) is 26.2 Å². The Morgan fingerprint density at radius 3 is 1.68 bits per heavy atom. The van der Waals surface area contributed by atoms with Crippen molar-refractivity contribution in [2.24, 2.45) is 0 Å². The van der Waals surface area contributed by atoms with Crippen molar-refractivity contribution in [3.63, 3.8) is 0 Å². The molecule has 0 aromatic heterocycles. The molecule has 2 heterocycles. The van der Waals surface area contributed by atoms with Gasteiger partial charge >= 0.3 is 6.09 Å². The van der Waals surface area contributed by atoms with Gasteiger partial charge in [0.15, 0.2) is 5.66 Å². The van der Waals surface area contributed by atoms with Gasteiger partial charge in [-0.25, -0.2) is 4.79 Å². The van der Waals surface area contributed by atoms with Crippen molar-refractivity contribution < 1.29 is 31.3 Å². The molecule has 0 spiro atoms. The first-order chi connectivity index (χ1) is 17.7. The summed E-state index contributed by atoms with van der Waals surface area (Å²) in [5.74, 6) is 0.259. The summed E-state index contributed by atoms with van der Waals surface area (Å²) in [6.07, 6.45) is 2.18. The van der Waals surface area contributed by atoms with Crippen LogP contribution in [-0.4, -0.2) is 59.7 Å². The van der Waals surface area contributed by atoms with Crippen LogP contribution in [0.5, 0.6) is 0 Å². The lowest BCUT2D eigenvalue weighted by molar-refractivity contribution is -0.130. The number of piperidine rings is 1. The second-order valence-electron chi connectivity index (χ2n) is 9.48. The molecule has 0 N–H and O–H groups in total. The summed E-state index contributed by atoms with van der Waals surface area (Å²) in [4.78, 5) is 30.4. The molecule has 0 aliphatic carbocycles. The number of carbonyl (C=O) groups is 2. The van der Waals surface area contributed by atoms with Gasteiger partial charge in [-0.15, -0.1) is 0 Å². The zero-order chi connectivity index (χ0) is 25.0. The summed E-state index contributed by atoms with van der Waals surface area (Å²) in [5.41, 5.74) is -0.104. The fourth-order valence-corrected chi connectivity index (χ4v) is 10.8. The van der Waals surface area contributed by atoms with E-state index in [1.54, 1.807) is 4.90 Å². The van der Waals surface area contributed by atoms with Gasteiger partial charge in [-0.05, 0) is 56.2 Å². The zero-order valence-electron chi connectivity index (χ0n) is 21.2. The summed E-state index contributed by atoms with van der Waals surface area (Å²) in [6.45, 7) is 4.24. The average Bonchev–Trinajstić information content (AvgIpc) is 3.32. The Hall–Kier alpha value is -2.69. The molecule has 1 unspecified atom stereocenters. The van der Waals surface area contributed by atoms with Crippen molar-refractivity contribution in [2.75, 3.05) is 26.2 Å². The Bertz CT molecular complexity index is 1070. The van der Waals surface area contributed by atoms with Crippen LogP contribution in [0.3, 0.4) is 0 Å². The van der Waals surface area contributed by atoms with Gasteiger partial charge in [0.2, 0.25) is 0 Å². The van der Waals surface area contributed by atoms with Crippen LogP contribution in [0, 0.1) is 0 Å². The fraction of sp³-hybridized carbons (Fsp3) is 0.333. The molecule has 7 heteroatoms. The van der Waals surface area contributed by atoms with Gasteiger partial charge in [0.05, 0.1) is 6.61 Å². The maximum absolute atomic E-state index is 14.3. The van der Waals surface area contributed by atoms with Gasteiger partial charge < -0.3 is 31.5 Å². The lowest BCUT2D eigenvalue weighted by Crippen LogP contribution is -3.00. The molecule has 194 valence electrons. The maximum atomic E-state index is 14.3. The molecule has 37 heavy (non-hydrogen) atoms. The lowest BCUT2D eigenvalue weighted by atomic mass is 10.0. The van der Waals surface area contributed by atoms with E-state index in [4.69, 9.17) is 4.74 Å². The van der Waals surface area contributed by atoms with Crippen molar-refractivity contribution in [1.29, 1.82) is 0 Å². The molecule has 2 aliphatic rings. The van der Waals surface area contributed by atoms with Crippen molar-refractivity contribution in [3.05, 3.63) is 91.0 Å². The number of hydrogen-bond donors (Lipinski definition) is 0. The van der Waals surface area contributed by atoms with Gasteiger partial charge in [-0.3, -0.25) is 4.79 Å². The quantitative estimate of drug-likeness (QED) is 0.412. The molecular formula is C30H34BrN2O3P. The van der Waals surface area contributed by atoms with Crippen LogP contribution in [0.25, 0.3) is 0 Å². The molecule has 2 aliphatic heterocycles. The molecule has 0 saturated carbocycles. The van der Waals surface area contributed by atoms with E-state index in [0.717, 1.165) is 25.8 Å². The van der Waals surface area contributed by atoms with E-state index in [-0.39, 0.29) is 40.7 Å². The molecule has 0 radical (unpaired) electrons. The maximum Gasteiger partial charge on any atom is 0.409 e. The number of halogens is 1. The van der Waals surface area contributed by atoms with Crippen LogP contribution in [0.2, 0.25) is 0 Å². The monoisotopic (exact) mass is 580 g/mol. The molecular weight excluding hydrogens is 547 g/mol. The van der Waals surface area contributed by atoms with Gasteiger partial charge in [-0.1, -0.05) is 54.6 Å². The van der Waals surface area contributed by atoms with Crippen molar-refractivity contribution in [2.45, 2.75) is 37.9 Å². The predicted octanol–water partition coefficient (Wildman–Crippen LogP) is 1.21. The van der Waals surface area contributed by atoms with Gasteiger partial charge in [-0.2, -0.15) is 0 Å². The Morgan fingerprint density at radius 1 is 0.784 bits per heavy atom. The molecule has 5 nitrogen and oxygen atoms in total. The smallest absolute Gasteiger partial charge is 0.409 e. The SMILES string of the molecule is CCOC(=O)N1CCC(N2CCC([P+](c3ccccc3)(c3ccccc3)c3ccccc3)C2=O)CC1.[Br-]. The predicted molar refractivity (Wildman–Crippen MR) is 147 cm³/mol. The number of carbonyl (C=O) groups excluding carboxylic acids is 2. The van der Waals surface area contributed by atoms with Crippen LogP contribution in [0.15, 0.2) is 91.0 Å². The molecule has 2 saturated heterocycles. The van der Waals surface area contributed by atoms with E-state index >= 15 is 0 Å². The van der Waals surface area contributed by atoms with E-state index in [2.05, 4.69) is 77.7 Å². The van der Waals surface area contributed by atoms with Crippen LogP contribution >= 0.6 is 7.26 Å². The molecule has 2 fully saturated rings. The third kappa shape index (κ3) is 5.19.